The Kier molecular flexibility index (Phi) is 5.28. The smallest absolute Gasteiger partial charge is 0.265 e. The number of carbonyl (C=O) groups is 2. The lowest BCUT2D eigenvalue weighted by molar-refractivity contribution is -0.139. The van der Waals surface area contributed by atoms with Crippen molar-refractivity contribution in [1.29, 1.82) is 0 Å². The molecule has 3 aliphatic heterocycles. The van der Waals surface area contributed by atoms with Gasteiger partial charge in [0.05, 0.1) is 18.8 Å². The van der Waals surface area contributed by atoms with Gasteiger partial charge in [0.25, 0.3) is 5.91 Å². The van der Waals surface area contributed by atoms with Crippen molar-refractivity contribution in [2.45, 2.75) is 25.4 Å². The van der Waals surface area contributed by atoms with Crippen molar-refractivity contribution in [1.82, 2.24) is 4.90 Å². The largest absolute Gasteiger partial charge is 0.477 e. The number of fused-ring (bicyclic) bond motifs is 2. The third kappa shape index (κ3) is 4.10. The van der Waals surface area contributed by atoms with E-state index >= 15 is 0 Å². The van der Waals surface area contributed by atoms with E-state index in [1.807, 2.05) is 34.1 Å². The molecule has 2 aromatic carbocycles. The number of amides is 2. The van der Waals surface area contributed by atoms with E-state index < -0.39 is 6.10 Å². The van der Waals surface area contributed by atoms with Gasteiger partial charge in [0.15, 0.2) is 17.6 Å². The Morgan fingerprint density at radius 2 is 1.77 bits per heavy atom. The molecule has 2 aromatic rings. The molecule has 3 heterocycles. The number of piperidine rings is 1. The van der Waals surface area contributed by atoms with Crippen LogP contribution in [-0.2, 0) is 9.59 Å². The average molecular weight is 423 g/mol. The van der Waals surface area contributed by atoms with Gasteiger partial charge in [-0.15, -0.1) is 0 Å². The number of carbonyl (C=O) groups excluding carboxylic acids is 2. The third-order valence-electron chi connectivity index (χ3n) is 5.80. The highest BCUT2D eigenvalue weighted by Crippen LogP contribution is 2.35. The van der Waals surface area contributed by atoms with Gasteiger partial charge >= 0.3 is 0 Å². The number of nitrogens with one attached hydrogen (secondary N) is 1. The maximum absolute atomic E-state index is 13.0. The molecule has 1 fully saturated rings. The van der Waals surface area contributed by atoms with Gasteiger partial charge in [0.2, 0.25) is 12.7 Å². The van der Waals surface area contributed by atoms with Crippen LogP contribution in [0.5, 0.6) is 17.2 Å². The van der Waals surface area contributed by atoms with Crippen LogP contribution in [0.1, 0.15) is 19.3 Å². The van der Waals surface area contributed by atoms with Gasteiger partial charge in [-0.3, -0.25) is 9.59 Å². The number of benzene rings is 2. The average Bonchev–Trinajstić information content (AvgIpc) is 3.27. The van der Waals surface area contributed by atoms with Crippen LogP contribution in [0.25, 0.3) is 0 Å². The highest BCUT2D eigenvalue weighted by atomic mass is 16.7. The van der Waals surface area contributed by atoms with Crippen molar-refractivity contribution in [3.05, 3.63) is 42.5 Å². The summed E-state index contributed by atoms with van der Waals surface area (Å²) in [6.45, 7) is 2.17. The Labute approximate surface area is 180 Å². The summed E-state index contributed by atoms with van der Waals surface area (Å²) in [5, 5.41) is 2.90. The SMILES string of the molecule is O=C(CN1C[C@H](C(=O)N2CCCCC2)Oc2ccccc21)Nc1ccc2c(c1)OCO2. The number of nitrogens with zero attached hydrogens (tertiary/aromatic N) is 2. The lowest BCUT2D eigenvalue weighted by Crippen LogP contribution is -2.52. The van der Waals surface area contributed by atoms with Gasteiger partial charge in [-0.05, 0) is 43.5 Å². The van der Waals surface area contributed by atoms with Crippen molar-refractivity contribution >= 4 is 23.2 Å². The van der Waals surface area contributed by atoms with Crippen LogP contribution in [0, 0.1) is 0 Å². The van der Waals surface area contributed by atoms with Crippen molar-refractivity contribution in [3.8, 4) is 17.2 Å². The van der Waals surface area contributed by atoms with Gasteiger partial charge in [-0.2, -0.15) is 0 Å². The van der Waals surface area contributed by atoms with E-state index in [9.17, 15) is 9.59 Å². The first kappa shape index (κ1) is 19.5. The van der Waals surface area contributed by atoms with Crippen molar-refractivity contribution in [2.24, 2.45) is 0 Å². The Hall–Kier alpha value is -3.42. The molecule has 0 spiro atoms. The molecule has 8 heteroatoms. The molecule has 0 unspecified atom stereocenters. The summed E-state index contributed by atoms with van der Waals surface area (Å²) in [7, 11) is 0. The fourth-order valence-corrected chi connectivity index (χ4v) is 4.25. The molecule has 0 saturated carbocycles. The minimum Gasteiger partial charge on any atom is -0.477 e. The van der Waals surface area contributed by atoms with E-state index in [2.05, 4.69) is 5.32 Å². The zero-order chi connectivity index (χ0) is 21.2. The first-order valence-electron chi connectivity index (χ1n) is 10.7. The summed E-state index contributed by atoms with van der Waals surface area (Å²) < 4.78 is 16.7. The maximum Gasteiger partial charge on any atom is 0.265 e. The summed E-state index contributed by atoms with van der Waals surface area (Å²) >= 11 is 0. The lowest BCUT2D eigenvalue weighted by Gasteiger charge is -2.38. The number of hydrogen-bond acceptors (Lipinski definition) is 6. The normalized spacial score (nSPS) is 19.4. The molecule has 5 rings (SSSR count). The first-order valence-corrected chi connectivity index (χ1v) is 10.7. The van der Waals surface area contributed by atoms with E-state index in [1.54, 1.807) is 18.2 Å². The number of likely N-dealkylation sites (tertiary alicyclic amines) is 1. The van der Waals surface area contributed by atoms with Gasteiger partial charge in [0.1, 0.15) is 5.75 Å². The number of ether oxygens (including phenoxy) is 3. The molecular weight excluding hydrogens is 398 g/mol. The van der Waals surface area contributed by atoms with Crippen LogP contribution in [0.15, 0.2) is 42.5 Å². The second kappa shape index (κ2) is 8.37. The van der Waals surface area contributed by atoms with E-state index in [-0.39, 0.29) is 25.2 Å². The molecule has 1 saturated heterocycles. The van der Waals surface area contributed by atoms with Crippen LogP contribution >= 0.6 is 0 Å². The quantitative estimate of drug-likeness (QED) is 0.815. The molecule has 8 nitrogen and oxygen atoms in total. The minimum atomic E-state index is -0.619. The summed E-state index contributed by atoms with van der Waals surface area (Å²) in [4.78, 5) is 29.6. The van der Waals surface area contributed by atoms with Crippen LogP contribution in [0.4, 0.5) is 11.4 Å². The Bertz CT molecular complexity index is 989. The van der Waals surface area contributed by atoms with Gasteiger partial charge in [0, 0.05) is 24.8 Å². The Balaban J connectivity index is 1.30. The number of anilines is 2. The second-order valence-electron chi connectivity index (χ2n) is 7.96. The number of hydrogen-bond donors (Lipinski definition) is 1. The molecule has 31 heavy (non-hydrogen) atoms. The summed E-state index contributed by atoms with van der Waals surface area (Å²) in [6, 6.07) is 12.8. The molecular formula is C23H25N3O5. The van der Waals surface area contributed by atoms with Crippen molar-refractivity contribution in [2.75, 3.05) is 43.2 Å². The van der Waals surface area contributed by atoms with Crippen LogP contribution in [0.3, 0.4) is 0 Å². The van der Waals surface area contributed by atoms with Crippen LogP contribution in [0.2, 0.25) is 0 Å². The molecule has 0 aromatic heterocycles. The fraction of sp³-hybridized carbons (Fsp3) is 0.391. The summed E-state index contributed by atoms with van der Waals surface area (Å²) in [5.41, 5.74) is 1.45. The lowest BCUT2D eigenvalue weighted by atomic mass is 10.1. The predicted octanol–water partition coefficient (Wildman–Crippen LogP) is 2.63. The standard InChI is InChI=1S/C23H25N3O5/c27-22(24-16-8-9-19-20(12-16)30-15-29-19)14-26-13-21(23(28)25-10-4-1-5-11-25)31-18-7-3-2-6-17(18)26/h2-3,6-9,12,21H,1,4-5,10-11,13-15H2,(H,24,27)/t21-/m1/s1. The zero-order valence-corrected chi connectivity index (χ0v) is 17.2. The van der Waals surface area contributed by atoms with Gasteiger partial charge in [-0.1, -0.05) is 12.1 Å². The van der Waals surface area contributed by atoms with E-state index in [1.165, 1.54) is 0 Å². The molecule has 162 valence electrons. The monoisotopic (exact) mass is 423 g/mol. The Morgan fingerprint density at radius 3 is 2.65 bits per heavy atom. The second-order valence-corrected chi connectivity index (χ2v) is 7.96. The van der Waals surface area contributed by atoms with Crippen LogP contribution < -0.4 is 24.4 Å². The minimum absolute atomic E-state index is 0.00428. The zero-order valence-electron chi connectivity index (χ0n) is 17.2. The van der Waals surface area contributed by atoms with E-state index in [4.69, 9.17) is 14.2 Å². The molecule has 2 amide bonds. The van der Waals surface area contributed by atoms with Gasteiger partial charge < -0.3 is 29.3 Å². The summed E-state index contributed by atoms with van der Waals surface area (Å²) in [5.74, 6) is 1.72. The Morgan fingerprint density at radius 1 is 0.968 bits per heavy atom. The molecule has 1 N–H and O–H groups in total. The topological polar surface area (TPSA) is 80.3 Å². The molecule has 3 aliphatic rings. The first-order chi connectivity index (χ1) is 15.2. The van der Waals surface area contributed by atoms with E-state index in [0.717, 1.165) is 38.0 Å². The predicted molar refractivity (Wildman–Crippen MR) is 115 cm³/mol. The van der Waals surface area contributed by atoms with Crippen LogP contribution in [-0.4, -0.2) is 55.8 Å². The highest BCUT2D eigenvalue weighted by molar-refractivity contribution is 5.95. The van der Waals surface area contributed by atoms with Gasteiger partial charge in [-0.25, -0.2) is 0 Å². The van der Waals surface area contributed by atoms with E-state index in [0.29, 0.717) is 29.5 Å². The molecule has 1 atom stereocenters. The molecule has 0 aliphatic carbocycles. The number of rotatable bonds is 4. The molecule has 0 bridgehead atoms. The maximum atomic E-state index is 13.0. The number of para-hydroxylation sites is 2. The third-order valence-corrected chi connectivity index (χ3v) is 5.80. The van der Waals surface area contributed by atoms with Crippen molar-refractivity contribution in [3.63, 3.8) is 0 Å². The molecule has 0 radical (unpaired) electrons. The highest BCUT2D eigenvalue weighted by Gasteiger charge is 2.34. The van der Waals surface area contributed by atoms with Crippen molar-refractivity contribution < 1.29 is 23.8 Å². The summed E-state index contributed by atoms with van der Waals surface area (Å²) in [6.07, 6.45) is 2.59. The fourth-order valence-electron chi connectivity index (χ4n) is 4.25.